The lowest BCUT2D eigenvalue weighted by Gasteiger charge is -2.09. The van der Waals surface area contributed by atoms with Crippen LogP contribution in [0, 0.1) is 6.92 Å². The van der Waals surface area contributed by atoms with Gasteiger partial charge in [-0.05, 0) is 19.9 Å². The van der Waals surface area contributed by atoms with E-state index in [1.54, 1.807) is 29.8 Å². The third-order valence-electron chi connectivity index (χ3n) is 2.57. The second kappa shape index (κ2) is 4.18. The first kappa shape index (κ1) is 11.6. The number of hydrogen-bond donors (Lipinski definition) is 1. The van der Waals surface area contributed by atoms with Crippen molar-refractivity contribution in [1.82, 2.24) is 9.38 Å². The third-order valence-corrected chi connectivity index (χ3v) is 2.57. The van der Waals surface area contributed by atoms with Gasteiger partial charge in [-0.1, -0.05) is 0 Å². The zero-order valence-electron chi connectivity index (χ0n) is 9.97. The van der Waals surface area contributed by atoms with E-state index in [9.17, 15) is 9.90 Å². The summed E-state index contributed by atoms with van der Waals surface area (Å²) in [6.07, 6.45) is 2.75. The Morgan fingerprint density at radius 3 is 2.82 bits per heavy atom. The van der Waals surface area contributed by atoms with Crippen LogP contribution in [0.5, 0.6) is 0 Å². The van der Waals surface area contributed by atoms with Crippen LogP contribution in [-0.2, 0) is 4.74 Å². The summed E-state index contributed by atoms with van der Waals surface area (Å²) in [5, 5.41) is 9.70. The summed E-state index contributed by atoms with van der Waals surface area (Å²) < 4.78 is 6.40. The van der Waals surface area contributed by atoms with Crippen LogP contribution in [0.25, 0.3) is 5.65 Å². The number of carbonyl (C=O) groups excluding carboxylic acids is 1. The molecule has 17 heavy (non-hydrogen) atoms. The summed E-state index contributed by atoms with van der Waals surface area (Å²) in [6, 6.07) is 1.61. The maximum Gasteiger partial charge on any atom is 0.339 e. The molecule has 2 aromatic heterocycles. The first-order chi connectivity index (χ1) is 8.02. The number of ether oxygens (including phenoxy) is 1. The van der Waals surface area contributed by atoms with E-state index in [1.165, 1.54) is 7.11 Å². The minimum absolute atomic E-state index is 0.397. The Bertz CT molecular complexity index is 572. The number of rotatable bonds is 2. The van der Waals surface area contributed by atoms with Gasteiger partial charge in [0.05, 0.1) is 24.5 Å². The van der Waals surface area contributed by atoms with Gasteiger partial charge in [0.1, 0.15) is 5.65 Å². The average Bonchev–Trinajstić information content (AvgIpc) is 2.66. The van der Waals surface area contributed by atoms with Crippen molar-refractivity contribution in [1.29, 1.82) is 0 Å². The number of methoxy groups -OCH3 is 1. The zero-order valence-corrected chi connectivity index (χ0v) is 9.97. The van der Waals surface area contributed by atoms with Gasteiger partial charge in [0.25, 0.3) is 0 Å². The molecular weight excluding hydrogens is 220 g/mol. The fourth-order valence-electron chi connectivity index (χ4n) is 1.78. The average molecular weight is 234 g/mol. The Kier molecular flexibility index (Phi) is 2.85. The van der Waals surface area contributed by atoms with E-state index in [2.05, 4.69) is 9.72 Å². The summed E-state index contributed by atoms with van der Waals surface area (Å²) in [7, 11) is 1.33. The standard InChI is InChI=1S/C12H14N2O3/c1-7-5-14-6-9(12(16)17-3)4-10(8(2)15)11(14)13-7/h4-6,8,15H,1-3H3. The number of aryl methyl sites for hydroxylation is 1. The molecule has 5 heteroatoms. The van der Waals surface area contributed by atoms with Crippen LogP contribution in [0.2, 0.25) is 0 Å². The van der Waals surface area contributed by atoms with Gasteiger partial charge in [-0.2, -0.15) is 0 Å². The third kappa shape index (κ3) is 2.01. The minimum atomic E-state index is -0.691. The molecule has 0 spiro atoms. The van der Waals surface area contributed by atoms with Crippen LogP contribution in [-0.4, -0.2) is 27.6 Å². The van der Waals surface area contributed by atoms with Crippen LogP contribution in [0.3, 0.4) is 0 Å². The summed E-state index contributed by atoms with van der Waals surface area (Å²) in [6.45, 7) is 3.50. The second-order valence-corrected chi connectivity index (χ2v) is 3.96. The SMILES string of the molecule is COC(=O)c1cc(C(C)O)c2nc(C)cn2c1. The smallest absolute Gasteiger partial charge is 0.339 e. The van der Waals surface area contributed by atoms with Crippen molar-refractivity contribution in [3.05, 3.63) is 35.3 Å². The topological polar surface area (TPSA) is 63.8 Å². The highest BCUT2D eigenvalue weighted by Gasteiger charge is 2.15. The number of fused-ring (bicyclic) bond motifs is 1. The number of pyridine rings is 1. The molecule has 0 saturated carbocycles. The second-order valence-electron chi connectivity index (χ2n) is 3.96. The molecule has 5 nitrogen and oxygen atoms in total. The molecule has 0 bridgehead atoms. The monoisotopic (exact) mass is 234 g/mol. The number of imidazole rings is 1. The van der Waals surface area contributed by atoms with Gasteiger partial charge in [0, 0.05) is 18.0 Å². The van der Waals surface area contributed by atoms with Crippen molar-refractivity contribution < 1.29 is 14.6 Å². The number of aliphatic hydroxyl groups is 1. The predicted molar refractivity (Wildman–Crippen MR) is 61.9 cm³/mol. The lowest BCUT2D eigenvalue weighted by atomic mass is 10.1. The number of nitrogens with zero attached hydrogens (tertiary/aromatic N) is 2. The number of carbonyl (C=O) groups is 1. The number of esters is 1. The molecule has 0 amide bonds. The molecule has 0 saturated heterocycles. The highest BCUT2D eigenvalue weighted by Crippen LogP contribution is 2.20. The number of aromatic nitrogens is 2. The highest BCUT2D eigenvalue weighted by molar-refractivity contribution is 5.89. The van der Waals surface area contributed by atoms with Crippen molar-refractivity contribution in [3.8, 4) is 0 Å². The van der Waals surface area contributed by atoms with Crippen molar-refractivity contribution in [2.75, 3.05) is 7.11 Å². The number of aliphatic hydroxyl groups excluding tert-OH is 1. The molecule has 0 radical (unpaired) electrons. The number of hydrogen-bond acceptors (Lipinski definition) is 4. The quantitative estimate of drug-likeness (QED) is 0.799. The molecule has 1 N–H and O–H groups in total. The van der Waals surface area contributed by atoms with Crippen LogP contribution in [0.4, 0.5) is 0 Å². The molecule has 0 aliphatic heterocycles. The maximum atomic E-state index is 11.5. The molecule has 2 rings (SSSR count). The van der Waals surface area contributed by atoms with E-state index in [0.717, 1.165) is 5.69 Å². The minimum Gasteiger partial charge on any atom is -0.465 e. The van der Waals surface area contributed by atoms with Gasteiger partial charge in [-0.3, -0.25) is 0 Å². The Labute approximate surface area is 98.7 Å². The maximum absolute atomic E-state index is 11.5. The van der Waals surface area contributed by atoms with E-state index in [0.29, 0.717) is 16.8 Å². The molecule has 0 aromatic carbocycles. The zero-order chi connectivity index (χ0) is 12.6. The lowest BCUT2D eigenvalue weighted by Crippen LogP contribution is -2.06. The Morgan fingerprint density at radius 2 is 2.24 bits per heavy atom. The Balaban J connectivity index is 2.70. The summed E-state index contributed by atoms with van der Waals surface area (Å²) in [4.78, 5) is 15.8. The van der Waals surface area contributed by atoms with E-state index < -0.39 is 12.1 Å². The predicted octanol–water partition coefficient (Wildman–Crippen LogP) is 1.48. The largest absolute Gasteiger partial charge is 0.465 e. The van der Waals surface area contributed by atoms with Crippen LogP contribution >= 0.6 is 0 Å². The van der Waals surface area contributed by atoms with Gasteiger partial charge in [0.15, 0.2) is 0 Å². The Morgan fingerprint density at radius 1 is 1.53 bits per heavy atom. The van der Waals surface area contributed by atoms with Gasteiger partial charge < -0.3 is 14.2 Å². The molecule has 1 unspecified atom stereocenters. The lowest BCUT2D eigenvalue weighted by molar-refractivity contribution is 0.0600. The van der Waals surface area contributed by atoms with E-state index >= 15 is 0 Å². The summed E-state index contributed by atoms with van der Waals surface area (Å²) in [5.41, 5.74) is 2.49. The van der Waals surface area contributed by atoms with E-state index in [4.69, 9.17) is 0 Å². The van der Waals surface area contributed by atoms with Crippen LogP contribution in [0.15, 0.2) is 18.5 Å². The van der Waals surface area contributed by atoms with Gasteiger partial charge in [-0.25, -0.2) is 9.78 Å². The highest BCUT2D eigenvalue weighted by atomic mass is 16.5. The van der Waals surface area contributed by atoms with Crippen molar-refractivity contribution >= 4 is 11.6 Å². The molecule has 0 fully saturated rings. The van der Waals surface area contributed by atoms with Crippen molar-refractivity contribution in [2.24, 2.45) is 0 Å². The Hall–Kier alpha value is -1.88. The fourth-order valence-corrected chi connectivity index (χ4v) is 1.78. The molecule has 2 heterocycles. The van der Waals surface area contributed by atoms with Gasteiger partial charge in [-0.15, -0.1) is 0 Å². The first-order valence-corrected chi connectivity index (χ1v) is 5.28. The molecule has 1 atom stereocenters. The van der Waals surface area contributed by atoms with Crippen molar-refractivity contribution in [2.45, 2.75) is 20.0 Å². The molecule has 0 aliphatic carbocycles. The van der Waals surface area contributed by atoms with Crippen LogP contribution in [0.1, 0.15) is 34.6 Å². The molecule has 0 aliphatic rings. The van der Waals surface area contributed by atoms with Gasteiger partial charge >= 0.3 is 5.97 Å². The molecule has 90 valence electrons. The summed E-state index contributed by atoms with van der Waals surface area (Å²) >= 11 is 0. The normalized spacial score (nSPS) is 12.7. The molecule has 2 aromatic rings. The summed E-state index contributed by atoms with van der Waals surface area (Å²) in [5.74, 6) is -0.430. The fraction of sp³-hybridized carbons (Fsp3) is 0.333. The van der Waals surface area contributed by atoms with Crippen molar-refractivity contribution in [3.63, 3.8) is 0 Å². The van der Waals surface area contributed by atoms with Crippen LogP contribution < -0.4 is 0 Å². The van der Waals surface area contributed by atoms with E-state index in [-0.39, 0.29) is 0 Å². The van der Waals surface area contributed by atoms with E-state index in [1.807, 2.05) is 6.92 Å². The first-order valence-electron chi connectivity index (χ1n) is 5.28. The molecular formula is C12H14N2O3. The van der Waals surface area contributed by atoms with Gasteiger partial charge in [0.2, 0.25) is 0 Å².